The number of aliphatic imine (C=N–C) groups is 1. The first-order valence-corrected chi connectivity index (χ1v) is 9.04. The van der Waals surface area contributed by atoms with Crippen molar-refractivity contribution < 1.29 is 0 Å². The van der Waals surface area contributed by atoms with Crippen molar-refractivity contribution in [3.05, 3.63) is 47.5 Å². The summed E-state index contributed by atoms with van der Waals surface area (Å²) in [5.41, 5.74) is 17.5. The van der Waals surface area contributed by atoms with Gasteiger partial charge in [-0.25, -0.2) is 15.0 Å². The minimum absolute atomic E-state index is 0.349. The molecule has 2 aromatic heterocycles. The number of hydrogen-bond acceptors (Lipinski definition) is 6. The summed E-state index contributed by atoms with van der Waals surface area (Å²) < 4.78 is 1.92. The number of nitrogens with one attached hydrogen (secondary N) is 1. The van der Waals surface area contributed by atoms with Crippen molar-refractivity contribution in [3.8, 4) is 0 Å². The van der Waals surface area contributed by atoms with Crippen LogP contribution in [0.1, 0.15) is 17.0 Å². The average molecular weight is 364 g/mol. The van der Waals surface area contributed by atoms with Crippen LogP contribution in [0.25, 0.3) is 5.65 Å². The van der Waals surface area contributed by atoms with E-state index in [-0.39, 0.29) is 0 Å². The average Bonchev–Trinajstić information content (AvgIpc) is 3.03. The molecule has 1 aliphatic heterocycles. The molecular formula is C19H24N8. The van der Waals surface area contributed by atoms with Crippen molar-refractivity contribution in [2.45, 2.75) is 13.8 Å². The van der Waals surface area contributed by atoms with E-state index in [4.69, 9.17) is 11.5 Å². The number of hydrogen-bond donors (Lipinski definition) is 3. The number of amidine groups is 1. The molecule has 0 amide bonds. The Kier molecular flexibility index (Phi) is 4.41. The molecule has 3 heterocycles. The molecule has 8 nitrogen and oxygen atoms in total. The Bertz CT molecular complexity index is 1010. The van der Waals surface area contributed by atoms with Gasteiger partial charge in [0.15, 0.2) is 11.5 Å². The Morgan fingerprint density at radius 3 is 2.67 bits per heavy atom. The molecule has 0 atom stereocenters. The minimum atomic E-state index is 0.349. The zero-order chi connectivity index (χ0) is 19.0. The molecule has 5 N–H and O–H groups in total. The van der Waals surface area contributed by atoms with Crippen molar-refractivity contribution in [1.29, 1.82) is 0 Å². The number of nitrogens with two attached hydrogens (primary N) is 2. The van der Waals surface area contributed by atoms with Gasteiger partial charge >= 0.3 is 0 Å². The van der Waals surface area contributed by atoms with Gasteiger partial charge in [-0.05, 0) is 32.0 Å². The Morgan fingerprint density at radius 2 is 1.93 bits per heavy atom. The van der Waals surface area contributed by atoms with Crippen LogP contribution in [0.15, 0.2) is 35.6 Å². The standard InChI is InChI=1S/C19H24N8/c1-12-10-27-11-17(24-13(2)19(27)23-12)25-18(21)15-4-3-14(9-16(15)20)26-7-5-22-6-8-26/h3-4,9-11,22H,5-8,20H2,1-2H3,(H2,21,25). The Balaban J connectivity index is 1.64. The molecule has 0 unspecified atom stereocenters. The quantitative estimate of drug-likeness (QED) is 0.368. The highest BCUT2D eigenvalue weighted by atomic mass is 15.2. The lowest BCUT2D eigenvalue weighted by Crippen LogP contribution is -2.43. The maximum Gasteiger partial charge on any atom is 0.171 e. The summed E-state index contributed by atoms with van der Waals surface area (Å²) in [5, 5.41) is 3.35. The van der Waals surface area contributed by atoms with E-state index in [1.807, 2.05) is 48.8 Å². The summed E-state index contributed by atoms with van der Waals surface area (Å²) in [4.78, 5) is 15.7. The molecule has 140 valence electrons. The van der Waals surface area contributed by atoms with Crippen LogP contribution < -0.4 is 21.7 Å². The highest BCUT2D eigenvalue weighted by Crippen LogP contribution is 2.23. The third-order valence-corrected chi connectivity index (χ3v) is 4.74. The summed E-state index contributed by atoms with van der Waals surface area (Å²) in [6.07, 6.45) is 3.76. The second-order valence-corrected chi connectivity index (χ2v) is 6.80. The molecule has 4 rings (SSSR count). The molecule has 8 heteroatoms. The second kappa shape index (κ2) is 6.88. The van der Waals surface area contributed by atoms with E-state index < -0.39 is 0 Å². The molecule has 1 fully saturated rings. The van der Waals surface area contributed by atoms with Gasteiger partial charge in [-0.3, -0.25) is 0 Å². The van der Waals surface area contributed by atoms with Crippen LogP contribution in [-0.4, -0.2) is 46.4 Å². The number of aryl methyl sites for hydroxylation is 2. The van der Waals surface area contributed by atoms with E-state index in [1.54, 1.807) is 0 Å². The fraction of sp³-hybridized carbons (Fsp3) is 0.316. The molecule has 27 heavy (non-hydrogen) atoms. The monoisotopic (exact) mass is 364 g/mol. The van der Waals surface area contributed by atoms with Crippen LogP contribution in [0.4, 0.5) is 17.2 Å². The molecule has 1 aliphatic rings. The third-order valence-electron chi connectivity index (χ3n) is 4.74. The molecule has 0 radical (unpaired) electrons. The van der Waals surface area contributed by atoms with Crippen LogP contribution in [-0.2, 0) is 0 Å². The number of imidazole rings is 1. The van der Waals surface area contributed by atoms with Crippen LogP contribution in [0.3, 0.4) is 0 Å². The highest BCUT2D eigenvalue weighted by molar-refractivity contribution is 6.03. The molecule has 1 aromatic carbocycles. The fourth-order valence-electron chi connectivity index (χ4n) is 3.40. The minimum Gasteiger partial charge on any atom is -0.398 e. The first-order valence-electron chi connectivity index (χ1n) is 9.04. The predicted octanol–water partition coefficient (Wildman–Crippen LogP) is 1.37. The van der Waals surface area contributed by atoms with Gasteiger partial charge in [0.1, 0.15) is 5.84 Å². The van der Waals surface area contributed by atoms with Gasteiger partial charge in [0.2, 0.25) is 0 Å². The third kappa shape index (κ3) is 3.43. The van der Waals surface area contributed by atoms with Crippen LogP contribution >= 0.6 is 0 Å². The summed E-state index contributed by atoms with van der Waals surface area (Å²) in [6.45, 7) is 7.75. The van der Waals surface area contributed by atoms with Crippen molar-refractivity contribution in [2.75, 3.05) is 36.8 Å². The Hall–Kier alpha value is -3.13. The summed E-state index contributed by atoms with van der Waals surface area (Å²) >= 11 is 0. The number of fused-ring (bicyclic) bond motifs is 1. The van der Waals surface area contributed by atoms with Gasteiger partial charge in [-0.15, -0.1) is 0 Å². The second-order valence-electron chi connectivity index (χ2n) is 6.80. The SMILES string of the molecule is Cc1cn2cc(/N=C(\N)c3ccc(N4CCNCC4)cc3N)nc(C)c2n1. The smallest absolute Gasteiger partial charge is 0.171 e. The highest BCUT2D eigenvalue weighted by Gasteiger charge is 2.13. The molecule has 1 saturated heterocycles. The topological polar surface area (TPSA) is 110 Å². The van der Waals surface area contributed by atoms with Gasteiger partial charge in [-0.2, -0.15) is 0 Å². The van der Waals surface area contributed by atoms with Crippen molar-refractivity contribution in [1.82, 2.24) is 19.7 Å². The van der Waals surface area contributed by atoms with E-state index in [9.17, 15) is 0 Å². The Morgan fingerprint density at radius 1 is 1.15 bits per heavy atom. The van der Waals surface area contributed by atoms with Gasteiger partial charge in [-0.1, -0.05) is 0 Å². The summed E-state index contributed by atoms with van der Waals surface area (Å²) in [7, 11) is 0. The van der Waals surface area contributed by atoms with E-state index >= 15 is 0 Å². The lowest BCUT2D eigenvalue weighted by atomic mass is 10.1. The molecule has 3 aromatic rings. The number of piperazine rings is 1. The largest absolute Gasteiger partial charge is 0.398 e. The van der Waals surface area contributed by atoms with Crippen molar-refractivity contribution in [2.24, 2.45) is 10.7 Å². The number of rotatable bonds is 3. The molecule has 0 bridgehead atoms. The van der Waals surface area contributed by atoms with E-state index in [0.717, 1.165) is 54.5 Å². The lowest BCUT2D eigenvalue weighted by molar-refractivity contribution is 0.589. The maximum atomic E-state index is 6.27. The number of aromatic nitrogens is 3. The van der Waals surface area contributed by atoms with Gasteiger partial charge in [0.05, 0.1) is 17.6 Å². The van der Waals surface area contributed by atoms with Crippen molar-refractivity contribution in [3.63, 3.8) is 0 Å². The molecule has 0 spiro atoms. The maximum absolute atomic E-state index is 6.27. The molecular weight excluding hydrogens is 340 g/mol. The summed E-state index contributed by atoms with van der Waals surface area (Å²) in [5.74, 6) is 0.878. The van der Waals surface area contributed by atoms with Crippen LogP contribution in [0.2, 0.25) is 0 Å². The predicted molar refractivity (Wildman–Crippen MR) is 109 cm³/mol. The van der Waals surface area contributed by atoms with Crippen LogP contribution in [0.5, 0.6) is 0 Å². The van der Waals surface area contributed by atoms with Gasteiger partial charge < -0.3 is 26.1 Å². The zero-order valence-electron chi connectivity index (χ0n) is 15.6. The first-order chi connectivity index (χ1) is 13.0. The number of nitrogens with zero attached hydrogens (tertiary/aromatic N) is 5. The van der Waals surface area contributed by atoms with E-state index in [1.165, 1.54) is 0 Å². The number of nitrogen functional groups attached to an aromatic ring is 1. The Labute approximate surface area is 157 Å². The van der Waals surface area contributed by atoms with E-state index in [2.05, 4.69) is 25.2 Å². The lowest BCUT2D eigenvalue weighted by Gasteiger charge is -2.29. The van der Waals surface area contributed by atoms with E-state index in [0.29, 0.717) is 17.3 Å². The number of benzene rings is 1. The van der Waals surface area contributed by atoms with Gasteiger partial charge in [0.25, 0.3) is 0 Å². The van der Waals surface area contributed by atoms with Gasteiger partial charge in [0, 0.05) is 49.3 Å². The first kappa shape index (κ1) is 17.3. The summed E-state index contributed by atoms with van der Waals surface area (Å²) in [6, 6.07) is 5.93. The molecule has 0 aliphatic carbocycles. The number of anilines is 2. The zero-order valence-corrected chi connectivity index (χ0v) is 15.6. The van der Waals surface area contributed by atoms with Crippen molar-refractivity contribution >= 4 is 28.7 Å². The fourth-order valence-corrected chi connectivity index (χ4v) is 3.40. The molecule has 0 saturated carbocycles. The normalized spacial score (nSPS) is 15.5. The van der Waals surface area contributed by atoms with Crippen LogP contribution in [0, 0.1) is 13.8 Å².